The molecule has 1 aliphatic carbocycles. The van der Waals surface area contributed by atoms with Crippen LogP contribution in [0.1, 0.15) is 30.5 Å². The van der Waals surface area contributed by atoms with Crippen LogP contribution in [0.4, 0.5) is 11.5 Å². The highest BCUT2D eigenvalue weighted by Crippen LogP contribution is 2.37. The van der Waals surface area contributed by atoms with Gasteiger partial charge in [0.15, 0.2) is 0 Å². The van der Waals surface area contributed by atoms with Crippen LogP contribution < -0.4 is 14.5 Å². The monoisotopic (exact) mass is 613 g/mol. The smallest absolute Gasteiger partial charge is 0.318 e. The van der Waals surface area contributed by atoms with Gasteiger partial charge in [-0.25, -0.2) is 6.57 Å². The highest BCUT2D eigenvalue weighted by molar-refractivity contribution is 6.36. The van der Waals surface area contributed by atoms with Crippen molar-refractivity contribution in [3.8, 4) is 6.01 Å². The van der Waals surface area contributed by atoms with Gasteiger partial charge in [-0.2, -0.15) is 9.97 Å². The van der Waals surface area contributed by atoms with Crippen LogP contribution in [-0.4, -0.2) is 91.2 Å². The molecule has 0 radical (unpaired) electrons. The molecule has 1 amide bonds. The lowest BCUT2D eigenvalue weighted by molar-refractivity contribution is -0.128. The van der Waals surface area contributed by atoms with Gasteiger partial charge in [-0.1, -0.05) is 48.9 Å². The summed E-state index contributed by atoms with van der Waals surface area (Å²) in [5.74, 6) is 1.15. The highest BCUT2D eigenvalue weighted by atomic mass is 35.5. The van der Waals surface area contributed by atoms with E-state index in [4.69, 9.17) is 32.9 Å². The number of hydrogen-bond acceptors (Lipinski definition) is 7. The molecule has 6 rings (SSSR count). The Labute approximate surface area is 264 Å². The summed E-state index contributed by atoms with van der Waals surface area (Å²) in [6.45, 7) is 15.0. The number of fused-ring (bicyclic) bond motifs is 2. The van der Waals surface area contributed by atoms with Crippen molar-refractivity contribution in [2.45, 2.75) is 44.3 Å². The van der Waals surface area contributed by atoms with E-state index in [0.717, 1.165) is 57.9 Å². The van der Waals surface area contributed by atoms with Crippen LogP contribution in [0.2, 0.25) is 5.02 Å². The standard InChI is InChI=1S/C34H40ClN7O2/c1-5-31(43)42-18-17-41(20-25(42)19-36-2)33-26-15-16-40(30-14-7-10-23-9-6-12-27(35)32(23)30)21-28(26)37-34(38-33)44-22-24-11-8-13-29(24)39(3)4/h5-7,9-10,12,14,24-25,29H,1,8,11,13,15-22H2,3-4H3/t24-,25?,29+/m1/s1. The molecule has 2 aliphatic heterocycles. The first-order valence-corrected chi connectivity index (χ1v) is 15.9. The van der Waals surface area contributed by atoms with Crippen LogP contribution in [0.3, 0.4) is 0 Å². The quantitative estimate of drug-likeness (QED) is 0.259. The molecule has 1 saturated carbocycles. The Balaban J connectivity index is 1.34. The fraction of sp³-hybridized carbons (Fsp3) is 0.471. The van der Waals surface area contributed by atoms with E-state index in [1.165, 1.54) is 18.9 Å². The van der Waals surface area contributed by atoms with Crippen molar-refractivity contribution in [3.63, 3.8) is 0 Å². The average Bonchev–Trinajstić information content (AvgIpc) is 3.52. The predicted molar refractivity (Wildman–Crippen MR) is 175 cm³/mol. The van der Waals surface area contributed by atoms with Gasteiger partial charge in [0.2, 0.25) is 12.5 Å². The molecule has 1 saturated heterocycles. The van der Waals surface area contributed by atoms with Gasteiger partial charge in [0.1, 0.15) is 11.9 Å². The summed E-state index contributed by atoms with van der Waals surface area (Å²) in [5.41, 5.74) is 3.15. The summed E-state index contributed by atoms with van der Waals surface area (Å²) in [5, 5.41) is 2.89. The first kappa shape index (κ1) is 30.2. The van der Waals surface area contributed by atoms with E-state index in [1.54, 1.807) is 4.90 Å². The summed E-state index contributed by atoms with van der Waals surface area (Å²) >= 11 is 6.72. The number of aromatic nitrogens is 2. The Hall–Kier alpha value is -3.87. The Morgan fingerprint density at radius 1 is 1.16 bits per heavy atom. The second kappa shape index (κ2) is 13.0. The molecule has 3 aromatic rings. The minimum atomic E-state index is -0.237. The molecule has 1 unspecified atom stereocenters. The van der Waals surface area contributed by atoms with Gasteiger partial charge in [-0.05, 0) is 57.0 Å². The first-order chi connectivity index (χ1) is 21.4. The first-order valence-electron chi connectivity index (χ1n) is 15.5. The number of anilines is 2. The maximum absolute atomic E-state index is 12.6. The zero-order valence-corrected chi connectivity index (χ0v) is 26.3. The van der Waals surface area contributed by atoms with Crippen molar-refractivity contribution in [1.82, 2.24) is 19.8 Å². The molecule has 230 valence electrons. The predicted octanol–water partition coefficient (Wildman–Crippen LogP) is 5.08. The van der Waals surface area contributed by atoms with Crippen LogP contribution in [0.15, 0.2) is 49.1 Å². The van der Waals surface area contributed by atoms with Crippen LogP contribution in [0.5, 0.6) is 6.01 Å². The number of carbonyl (C=O) groups is 1. The maximum Gasteiger partial charge on any atom is 0.318 e. The van der Waals surface area contributed by atoms with Crippen LogP contribution in [0, 0.1) is 12.5 Å². The van der Waals surface area contributed by atoms with E-state index < -0.39 is 0 Å². The molecule has 9 nitrogen and oxygen atoms in total. The fourth-order valence-corrected chi connectivity index (χ4v) is 7.53. The molecular formula is C34H40ClN7O2. The largest absolute Gasteiger partial charge is 0.463 e. The van der Waals surface area contributed by atoms with Crippen LogP contribution >= 0.6 is 11.6 Å². The normalized spacial score (nSPS) is 21.8. The lowest BCUT2D eigenvalue weighted by atomic mass is 10.0. The Kier molecular flexibility index (Phi) is 8.92. The minimum absolute atomic E-state index is 0.136. The van der Waals surface area contributed by atoms with Crippen molar-refractivity contribution < 1.29 is 9.53 Å². The fourth-order valence-electron chi connectivity index (χ4n) is 7.25. The topological polar surface area (TPSA) is 69.4 Å². The number of hydrogen-bond donors (Lipinski definition) is 0. The van der Waals surface area contributed by atoms with Crippen molar-refractivity contribution >= 4 is 39.8 Å². The van der Waals surface area contributed by atoms with E-state index >= 15 is 0 Å². The lowest BCUT2D eigenvalue weighted by Gasteiger charge is -2.41. The molecular weight excluding hydrogens is 574 g/mol. The number of halogens is 1. The zero-order valence-electron chi connectivity index (χ0n) is 25.6. The van der Waals surface area contributed by atoms with Crippen molar-refractivity contribution in [1.29, 1.82) is 0 Å². The summed E-state index contributed by atoms with van der Waals surface area (Å²) < 4.78 is 6.41. The Morgan fingerprint density at radius 3 is 2.75 bits per heavy atom. The molecule has 3 atom stereocenters. The zero-order chi connectivity index (χ0) is 30.8. The van der Waals surface area contributed by atoms with Gasteiger partial charge in [0, 0.05) is 54.8 Å². The second-order valence-corrected chi connectivity index (χ2v) is 12.7. The molecule has 2 aromatic carbocycles. The number of rotatable bonds is 8. The number of piperazine rings is 1. The van der Waals surface area contributed by atoms with Crippen LogP contribution in [0.25, 0.3) is 15.6 Å². The van der Waals surface area contributed by atoms with Gasteiger partial charge in [0.05, 0.1) is 23.9 Å². The molecule has 3 aliphatic rings. The highest BCUT2D eigenvalue weighted by Gasteiger charge is 2.35. The van der Waals surface area contributed by atoms with Gasteiger partial charge >= 0.3 is 6.01 Å². The molecule has 0 N–H and O–H groups in total. The summed E-state index contributed by atoms with van der Waals surface area (Å²) in [6, 6.07) is 13.0. The SMILES string of the molecule is [C-]#[N+]CC1CN(c2nc(OC[C@H]3CCC[C@@H]3N(C)C)nc3c2CCN(c2cccc4cccc(Cl)c24)C3)CCN1C(=O)C=C. The molecule has 0 spiro atoms. The third-order valence-corrected chi connectivity index (χ3v) is 9.76. The Morgan fingerprint density at radius 2 is 1.98 bits per heavy atom. The summed E-state index contributed by atoms with van der Waals surface area (Å²) in [7, 11) is 4.28. The molecule has 2 fully saturated rings. The summed E-state index contributed by atoms with van der Waals surface area (Å²) in [6.07, 6.45) is 5.61. The molecule has 0 bridgehead atoms. The van der Waals surface area contributed by atoms with E-state index in [2.05, 4.69) is 64.5 Å². The number of benzene rings is 2. The van der Waals surface area contributed by atoms with Gasteiger partial charge in [-0.3, -0.25) is 4.79 Å². The number of amides is 1. The van der Waals surface area contributed by atoms with E-state index in [1.807, 2.05) is 12.1 Å². The molecule has 10 heteroatoms. The third-order valence-electron chi connectivity index (χ3n) is 9.45. The Bertz CT molecular complexity index is 1580. The molecule has 44 heavy (non-hydrogen) atoms. The minimum Gasteiger partial charge on any atom is -0.463 e. The van der Waals surface area contributed by atoms with Gasteiger partial charge in [0.25, 0.3) is 0 Å². The summed E-state index contributed by atoms with van der Waals surface area (Å²) in [4.78, 5) is 34.9. The number of nitrogens with zero attached hydrogens (tertiary/aromatic N) is 7. The molecule has 1 aromatic heterocycles. The van der Waals surface area contributed by atoms with Crippen LogP contribution in [-0.2, 0) is 17.8 Å². The van der Waals surface area contributed by atoms with E-state index in [9.17, 15) is 4.79 Å². The number of carbonyl (C=O) groups excluding carboxylic acids is 1. The van der Waals surface area contributed by atoms with E-state index in [0.29, 0.717) is 50.8 Å². The second-order valence-electron chi connectivity index (χ2n) is 12.3. The third kappa shape index (κ3) is 5.93. The average molecular weight is 614 g/mol. The van der Waals surface area contributed by atoms with Gasteiger partial charge < -0.3 is 29.2 Å². The van der Waals surface area contributed by atoms with E-state index in [-0.39, 0.29) is 18.5 Å². The van der Waals surface area contributed by atoms with Gasteiger partial charge in [-0.15, -0.1) is 0 Å². The number of ether oxygens (including phenoxy) is 1. The lowest BCUT2D eigenvalue weighted by Crippen LogP contribution is -2.56. The molecule has 3 heterocycles. The van der Waals surface area contributed by atoms with Crippen molar-refractivity contribution in [3.05, 3.63) is 76.8 Å². The maximum atomic E-state index is 12.6. The van der Waals surface area contributed by atoms with Crippen molar-refractivity contribution in [2.75, 3.05) is 63.2 Å². The van der Waals surface area contributed by atoms with Crippen molar-refractivity contribution in [2.24, 2.45) is 5.92 Å².